The molecule has 0 saturated heterocycles. The second-order valence-corrected chi connectivity index (χ2v) is 4.58. The highest BCUT2D eigenvalue weighted by Gasteiger charge is 2.25. The van der Waals surface area contributed by atoms with E-state index in [1.54, 1.807) is 7.11 Å². The van der Waals surface area contributed by atoms with Crippen LogP contribution >= 0.6 is 0 Å². The maximum Gasteiger partial charge on any atom is 0.221 e. The van der Waals surface area contributed by atoms with Crippen LogP contribution in [-0.4, -0.2) is 45.3 Å². The Balaban J connectivity index is 2.04. The lowest BCUT2D eigenvalue weighted by Crippen LogP contribution is -2.38. The molecule has 4 N–H and O–H groups in total. The van der Waals surface area contributed by atoms with Gasteiger partial charge in [0.05, 0.1) is 6.61 Å². The molecule has 1 saturated carbocycles. The van der Waals surface area contributed by atoms with Crippen LogP contribution < -0.4 is 16.4 Å². The summed E-state index contributed by atoms with van der Waals surface area (Å²) in [6.07, 6.45) is 4.18. The lowest BCUT2D eigenvalue weighted by Gasteiger charge is -2.19. The van der Waals surface area contributed by atoms with Gasteiger partial charge in [0.1, 0.15) is 0 Å². The van der Waals surface area contributed by atoms with Gasteiger partial charge in [-0.2, -0.15) is 0 Å². The van der Waals surface area contributed by atoms with Gasteiger partial charge in [-0.1, -0.05) is 6.42 Å². The average Bonchev–Trinajstić information content (AvgIpc) is 2.77. The summed E-state index contributed by atoms with van der Waals surface area (Å²) in [7, 11) is 1.63. The van der Waals surface area contributed by atoms with Gasteiger partial charge in [0, 0.05) is 32.7 Å². The number of nitrogens with one attached hydrogen (secondary N) is 2. The monoisotopic (exact) mass is 243 g/mol. The Hall–Kier alpha value is -0.650. The summed E-state index contributed by atoms with van der Waals surface area (Å²) in [5.41, 5.74) is 5.70. The molecule has 0 aromatic carbocycles. The van der Waals surface area contributed by atoms with Crippen molar-refractivity contribution in [2.24, 2.45) is 11.7 Å². The Kier molecular flexibility index (Phi) is 7.16. The van der Waals surface area contributed by atoms with Crippen LogP contribution in [0.4, 0.5) is 0 Å². The van der Waals surface area contributed by atoms with Crippen molar-refractivity contribution < 1.29 is 9.53 Å². The van der Waals surface area contributed by atoms with Crippen LogP contribution in [-0.2, 0) is 9.53 Å². The zero-order valence-electron chi connectivity index (χ0n) is 10.7. The van der Waals surface area contributed by atoms with Crippen molar-refractivity contribution >= 4 is 5.91 Å². The Bertz CT molecular complexity index is 224. The first-order valence-corrected chi connectivity index (χ1v) is 6.47. The van der Waals surface area contributed by atoms with Gasteiger partial charge in [-0.15, -0.1) is 0 Å². The van der Waals surface area contributed by atoms with Gasteiger partial charge in [0.25, 0.3) is 0 Å². The molecule has 0 bridgehead atoms. The molecular formula is C12H25N3O2. The molecule has 1 amide bonds. The van der Waals surface area contributed by atoms with Gasteiger partial charge in [0.15, 0.2) is 0 Å². The summed E-state index contributed by atoms with van der Waals surface area (Å²) >= 11 is 0. The molecule has 1 aliphatic rings. The number of nitrogens with two attached hydrogens (primary N) is 1. The number of carbonyl (C=O) groups is 1. The lowest BCUT2D eigenvalue weighted by atomic mass is 10.0. The van der Waals surface area contributed by atoms with Crippen LogP contribution in [0.2, 0.25) is 0 Å². The van der Waals surface area contributed by atoms with E-state index in [1.165, 1.54) is 19.3 Å². The predicted octanol–water partition coefficient (Wildman–Crippen LogP) is -0.144. The van der Waals surface area contributed by atoms with Gasteiger partial charge in [-0.25, -0.2) is 0 Å². The summed E-state index contributed by atoms with van der Waals surface area (Å²) in [6.45, 7) is 2.64. The van der Waals surface area contributed by atoms with Crippen LogP contribution in [0.15, 0.2) is 0 Å². The third-order valence-corrected chi connectivity index (χ3v) is 3.35. The van der Waals surface area contributed by atoms with Crippen molar-refractivity contribution in [3.05, 3.63) is 0 Å². The first kappa shape index (κ1) is 14.4. The number of rotatable bonds is 8. The number of ether oxygens (including phenoxy) is 1. The average molecular weight is 243 g/mol. The lowest BCUT2D eigenvalue weighted by molar-refractivity contribution is -0.121. The second kappa shape index (κ2) is 8.44. The highest BCUT2D eigenvalue weighted by molar-refractivity contribution is 5.76. The minimum Gasteiger partial charge on any atom is -0.383 e. The van der Waals surface area contributed by atoms with Crippen molar-refractivity contribution in [3.63, 3.8) is 0 Å². The molecule has 2 atom stereocenters. The van der Waals surface area contributed by atoms with Crippen molar-refractivity contribution in [2.45, 2.75) is 31.7 Å². The number of carbonyl (C=O) groups excluding carboxylic acids is 1. The minimum absolute atomic E-state index is 0.0804. The summed E-state index contributed by atoms with van der Waals surface area (Å²) in [5.74, 6) is 0.670. The van der Waals surface area contributed by atoms with Crippen LogP contribution in [0.1, 0.15) is 25.7 Å². The Labute approximate surface area is 103 Å². The van der Waals surface area contributed by atoms with Crippen LogP contribution in [0.3, 0.4) is 0 Å². The van der Waals surface area contributed by atoms with Crippen LogP contribution in [0.5, 0.6) is 0 Å². The molecule has 0 aliphatic heterocycles. The molecule has 0 spiro atoms. The molecule has 0 aromatic heterocycles. The van der Waals surface area contributed by atoms with Crippen LogP contribution in [0, 0.1) is 5.92 Å². The zero-order chi connectivity index (χ0) is 12.5. The molecule has 5 nitrogen and oxygen atoms in total. The molecule has 100 valence electrons. The first-order chi connectivity index (χ1) is 8.27. The predicted molar refractivity (Wildman–Crippen MR) is 67.7 cm³/mol. The fourth-order valence-electron chi connectivity index (χ4n) is 2.34. The van der Waals surface area contributed by atoms with E-state index >= 15 is 0 Å². The van der Waals surface area contributed by atoms with Crippen molar-refractivity contribution in [1.82, 2.24) is 10.6 Å². The number of amides is 1. The largest absolute Gasteiger partial charge is 0.383 e. The van der Waals surface area contributed by atoms with Gasteiger partial charge in [-0.3, -0.25) is 4.79 Å². The summed E-state index contributed by atoms with van der Waals surface area (Å²) < 4.78 is 4.86. The Morgan fingerprint density at radius 2 is 2.24 bits per heavy atom. The van der Waals surface area contributed by atoms with E-state index in [4.69, 9.17) is 10.5 Å². The topological polar surface area (TPSA) is 76.4 Å². The molecule has 17 heavy (non-hydrogen) atoms. The SMILES string of the molecule is COCCNC(=O)CCNC1CCCC1CN. The standard InChI is InChI=1S/C12H25N3O2/c1-17-8-7-15-12(16)5-6-14-11-4-2-3-10(11)9-13/h10-11,14H,2-9,13H2,1H3,(H,15,16). The highest BCUT2D eigenvalue weighted by atomic mass is 16.5. The molecule has 1 fully saturated rings. The van der Waals surface area contributed by atoms with E-state index in [0.29, 0.717) is 31.5 Å². The summed E-state index contributed by atoms with van der Waals surface area (Å²) in [4.78, 5) is 11.4. The molecule has 2 unspecified atom stereocenters. The molecule has 0 aromatic rings. The molecule has 1 rings (SSSR count). The van der Waals surface area contributed by atoms with E-state index in [1.807, 2.05) is 0 Å². The fraction of sp³-hybridized carbons (Fsp3) is 0.917. The molecule has 1 aliphatic carbocycles. The quantitative estimate of drug-likeness (QED) is 0.518. The maximum absolute atomic E-state index is 11.4. The maximum atomic E-state index is 11.4. The first-order valence-electron chi connectivity index (χ1n) is 6.47. The van der Waals surface area contributed by atoms with Gasteiger partial charge >= 0.3 is 0 Å². The van der Waals surface area contributed by atoms with Gasteiger partial charge in [0.2, 0.25) is 5.91 Å². The van der Waals surface area contributed by atoms with E-state index < -0.39 is 0 Å². The molecule has 5 heteroatoms. The van der Waals surface area contributed by atoms with Crippen molar-refractivity contribution in [1.29, 1.82) is 0 Å². The van der Waals surface area contributed by atoms with Crippen LogP contribution in [0.25, 0.3) is 0 Å². The second-order valence-electron chi connectivity index (χ2n) is 4.58. The third-order valence-electron chi connectivity index (χ3n) is 3.35. The summed E-state index contributed by atoms with van der Waals surface area (Å²) in [5, 5.41) is 6.24. The van der Waals surface area contributed by atoms with E-state index in [9.17, 15) is 4.79 Å². The van der Waals surface area contributed by atoms with E-state index in [-0.39, 0.29) is 5.91 Å². The zero-order valence-corrected chi connectivity index (χ0v) is 10.7. The molecule has 0 radical (unpaired) electrons. The highest BCUT2D eigenvalue weighted by Crippen LogP contribution is 2.24. The van der Waals surface area contributed by atoms with E-state index in [2.05, 4.69) is 10.6 Å². The molecular weight excluding hydrogens is 218 g/mol. The molecule has 0 heterocycles. The van der Waals surface area contributed by atoms with Gasteiger partial charge < -0.3 is 21.1 Å². The van der Waals surface area contributed by atoms with Crippen molar-refractivity contribution in [3.8, 4) is 0 Å². The van der Waals surface area contributed by atoms with E-state index in [0.717, 1.165) is 13.1 Å². The number of hydrogen-bond donors (Lipinski definition) is 3. The Morgan fingerprint density at radius 1 is 1.41 bits per heavy atom. The fourth-order valence-corrected chi connectivity index (χ4v) is 2.34. The van der Waals surface area contributed by atoms with Crippen molar-refractivity contribution in [2.75, 3.05) is 33.4 Å². The summed E-state index contributed by atoms with van der Waals surface area (Å²) in [6, 6.07) is 0.506. The Morgan fingerprint density at radius 3 is 2.94 bits per heavy atom. The number of hydrogen-bond acceptors (Lipinski definition) is 4. The van der Waals surface area contributed by atoms with Gasteiger partial charge in [-0.05, 0) is 25.3 Å². The minimum atomic E-state index is 0.0804. The smallest absolute Gasteiger partial charge is 0.221 e. The third kappa shape index (κ3) is 5.48. The number of methoxy groups -OCH3 is 1. The normalized spacial score (nSPS) is 23.9.